The van der Waals surface area contributed by atoms with Crippen LogP contribution in [0.3, 0.4) is 0 Å². The summed E-state index contributed by atoms with van der Waals surface area (Å²) in [7, 11) is 3.34. The van der Waals surface area contributed by atoms with E-state index in [1.54, 1.807) is 14.2 Å². The average molecular weight is 383 g/mol. The lowest BCUT2D eigenvalue weighted by molar-refractivity contribution is -0.126. The number of para-hydroxylation sites is 2. The van der Waals surface area contributed by atoms with Gasteiger partial charge in [0.2, 0.25) is 5.91 Å². The van der Waals surface area contributed by atoms with Crippen LogP contribution in [0.1, 0.15) is 12.5 Å². The largest absolute Gasteiger partial charge is 0.497 e. The Bertz CT molecular complexity index is 771. The standard InChI is InChI=1S/C22H29N3O3/c1-17(22(26)23-16-18-8-10-19(27-2)11-9-18)24-12-14-25(15-13-24)20-6-4-5-7-21(20)28-3/h4-11,17H,12-16H2,1-3H3,(H,23,26)/t17-/m1/s1. The molecule has 0 aromatic heterocycles. The molecule has 1 amide bonds. The Morgan fingerprint density at radius 2 is 1.68 bits per heavy atom. The Hall–Kier alpha value is -2.73. The summed E-state index contributed by atoms with van der Waals surface area (Å²) in [6.07, 6.45) is 0. The molecule has 1 heterocycles. The first-order valence-electron chi connectivity index (χ1n) is 9.65. The first kappa shape index (κ1) is 20.0. The van der Waals surface area contributed by atoms with Crippen molar-refractivity contribution in [3.05, 3.63) is 54.1 Å². The van der Waals surface area contributed by atoms with E-state index in [0.29, 0.717) is 6.54 Å². The van der Waals surface area contributed by atoms with Crippen LogP contribution >= 0.6 is 0 Å². The molecule has 1 atom stereocenters. The lowest BCUT2D eigenvalue weighted by Gasteiger charge is -2.38. The Labute approximate surface area is 167 Å². The summed E-state index contributed by atoms with van der Waals surface area (Å²) in [5, 5.41) is 3.04. The highest BCUT2D eigenvalue weighted by molar-refractivity contribution is 5.81. The molecule has 28 heavy (non-hydrogen) atoms. The molecule has 1 N–H and O–H groups in total. The first-order chi connectivity index (χ1) is 13.6. The minimum absolute atomic E-state index is 0.0570. The fourth-order valence-corrected chi connectivity index (χ4v) is 3.49. The quantitative estimate of drug-likeness (QED) is 0.796. The second-order valence-corrected chi connectivity index (χ2v) is 6.94. The predicted octanol–water partition coefficient (Wildman–Crippen LogP) is 2.53. The predicted molar refractivity (Wildman–Crippen MR) is 111 cm³/mol. The van der Waals surface area contributed by atoms with E-state index in [-0.39, 0.29) is 11.9 Å². The van der Waals surface area contributed by atoms with E-state index in [4.69, 9.17) is 9.47 Å². The molecule has 1 fully saturated rings. The molecule has 1 saturated heterocycles. The van der Waals surface area contributed by atoms with Crippen molar-refractivity contribution in [1.29, 1.82) is 0 Å². The van der Waals surface area contributed by atoms with E-state index in [9.17, 15) is 4.79 Å². The third-order valence-corrected chi connectivity index (χ3v) is 5.29. The maximum Gasteiger partial charge on any atom is 0.237 e. The van der Waals surface area contributed by atoms with Crippen LogP contribution in [-0.2, 0) is 11.3 Å². The van der Waals surface area contributed by atoms with Crippen LogP contribution in [0.25, 0.3) is 0 Å². The summed E-state index contributed by atoms with van der Waals surface area (Å²) >= 11 is 0. The lowest BCUT2D eigenvalue weighted by Crippen LogP contribution is -2.53. The number of amides is 1. The molecular formula is C22H29N3O3. The van der Waals surface area contributed by atoms with E-state index in [1.807, 2.05) is 49.4 Å². The Kier molecular flexibility index (Phi) is 6.76. The van der Waals surface area contributed by atoms with Crippen molar-refractivity contribution in [2.45, 2.75) is 19.5 Å². The fourth-order valence-electron chi connectivity index (χ4n) is 3.49. The van der Waals surface area contributed by atoms with Crippen LogP contribution in [0.5, 0.6) is 11.5 Å². The Balaban J connectivity index is 1.49. The highest BCUT2D eigenvalue weighted by Gasteiger charge is 2.26. The van der Waals surface area contributed by atoms with Gasteiger partial charge in [-0.3, -0.25) is 9.69 Å². The molecular weight excluding hydrogens is 354 g/mol. The fraction of sp³-hybridized carbons (Fsp3) is 0.409. The molecule has 2 aromatic carbocycles. The van der Waals surface area contributed by atoms with Gasteiger partial charge in [-0.05, 0) is 36.8 Å². The van der Waals surface area contributed by atoms with Gasteiger partial charge >= 0.3 is 0 Å². The van der Waals surface area contributed by atoms with E-state index < -0.39 is 0 Å². The second-order valence-electron chi connectivity index (χ2n) is 6.94. The van der Waals surface area contributed by atoms with Gasteiger partial charge < -0.3 is 19.7 Å². The first-order valence-corrected chi connectivity index (χ1v) is 9.65. The second kappa shape index (κ2) is 9.46. The number of anilines is 1. The van der Waals surface area contributed by atoms with Crippen LogP contribution in [0.15, 0.2) is 48.5 Å². The van der Waals surface area contributed by atoms with E-state index in [1.165, 1.54) is 0 Å². The molecule has 3 rings (SSSR count). The normalized spacial score (nSPS) is 15.8. The highest BCUT2D eigenvalue weighted by atomic mass is 16.5. The monoisotopic (exact) mass is 383 g/mol. The number of ether oxygens (including phenoxy) is 2. The smallest absolute Gasteiger partial charge is 0.237 e. The van der Waals surface area contributed by atoms with Gasteiger partial charge in [0.1, 0.15) is 11.5 Å². The molecule has 1 aliphatic heterocycles. The van der Waals surface area contributed by atoms with Gasteiger partial charge in [-0.15, -0.1) is 0 Å². The molecule has 0 aliphatic carbocycles. The molecule has 0 bridgehead atoms. The summed E-state index contributed by atoms with van der Waals surface area (Å²) in [5.41, 5.74) is 2.17. The van der Waals surface area contributed by atoms with Gasteiger partial charge in [-0.1, -0.05) is 24.3 Å². The molecule has 0 unspecified atom stereocenters. The number of piperazine rings is 1. The highest BCUT2D eigenvalue weighted by Crippen LogP contribution is 2.28. The molecule has 0 radical (unpaired) electrons. The van der Waals surface area contributed by atoms with E-state index >= 15 is 0 Å². The third kappa shape index (κ3) is 4.75. The summed E-state index contributed by atoms with van der Waals surface area (Å²) in [5.74, 6) is 1.76. The SMILES string of the molecule is COc1ccc(CNC(=O)[C@@H](C)N2CCN(c3ccccc3OC)CC2)cc1. The van der Waals surface area contributed by atoms with Gasteiger partial charge in [0.05, 0.1) is 25.9 Å². The van der Waals surface area contributed by atoms with Gasteiger partial charge in [-0.2, -0.15) is 0 Å². The number of hydrogen-bond donors (Lipinski definition) is 1. The molecule has 0 spiro atoms. The molecule has 1 aliphatic rings. The van der Waals surface area contributed by atoms with Crippen molar-refractivity contribution in [2.24, 2.45) is 0 Å². The summed E-state index contributed by atoms with van der Waals surface area (Å²) in [6, 6.07) is 15.7. The zero-order valence-corrected chi connectivity index (χ0v) is 16.9. The van der Waals surface area contributed by atoms with Crippen molar-refractivity contribution in [3.63, 3.8) is 0 Å². The van der Waals surface area contributed by atoms with Crippen molar-refractivity contribution in [3.8, 4) is 11.5 Å². The van der Waals surface area contributed by atoms with Gasteiger partial charge in [0.15, 0.2) is 0 Å². The molecule has 6 heteroatoms. The van der Waals surface area contributed by atoms with Crippen LogP contribution < -0.4 is 19.7 Å². The molecule has 6 nitrogen and oxygen atoms in total. The molecule has 150 valence electrons. The van der Waals surface area contributed by atoms with Gasteiger partial charge in [-0.25, -0.2) is 0 Å². The van der Waals surface area contributed by atoms with Crippen LogP contribution in [0.4, 0.5) is 5.69 Å². The number of hydrogen-bond acceptors (Lipinski definition) is 5. The zero-order chi connectivity index (χ0) is 19.9. The lowest BCUT2D eigenvalue weighted by atomic mass is 10.1. The number of rotatable bonds is 7. The molecule has 2 aromatic rings. The number of carbonyl (C=O) groups is 1. The Morgan fingerprint density at radius 3 is 2.32 bits per heavy atom. The van der Waals surface area contributed by atoms with Crippen molar-refractivity contribution < 1.29 is 14.3 Å². The van der Waals surface area contributed by atoms with Gasteiger partial charge in [0, 0.05) is 32.7 Å². The summed E-state index contributed by atoms with van der Waals surface area (Å²) in [6.45, 7) is 5.92. The number of nitrogens with one attached hydrogen (secondary N) is 1. The average Bonchev–Trinajstić information content (AvgIpc) is 2.77. The zero-order valence-electron chi connectivity index (χ0n) is 16.9. The van der Waals surface area contributed by atoms with Crippen LogP contribution in [-0.4, -0.2) is 57.2 Å². The van der Waals surface area contributed by atoms with E-state index in [0.717, 1.165) is 48.9 Å². The topological polar surface area (TPSA) is 54.0 Å². The number of benzene rings is 2. The minimum Gasteiger partial charge on any atom is -0.497 e. The summed E-state index contributed by atoms with van der Waals surface area (Å²) < 4.78 is 10.6. The summed E-state index contributed by atoms with van der Waals surface area (Å²) in [4.78, 5) is 17.1. The third-order valence-electron chi connectivity index (χ3n) is 5.29. The van der Waals surface area contributed by atoms with E-state index in [2.05, 4.69) is 21.2 Å². The van der Waals surface area contributed by atoms with Crippen LogP contribution in [0.2, 0.25) is 0 Å². The van der Waals surface area contributed by atoms with Crippen molar-refractivity contribution >= 4 is 11.6 Å². The molecule has 0 saturated carbocycles. The Morgan fingerprint density at radius 1 is 1.00 bits per heavy atom. The maximum atomic E-state index is 12.6. The van der Waals surface area contributed by atoms with Crippen molar-refractivity contribution in [2.75, 3.05) is 45.3 Å². The number of nitrogens with zero attached hydrogens (tertiary/aromatic N) is 2. The van der Waals surface area contributed by atoms with Crippen molar-refractivity contribution in [1.82, 2.24) is 10.2 Å². The van der Waals surface area contributed by atoms with Crippen LogP contribution in [0, 0.1) is 0 Å². The number of carbonyl (C=O) groups excluding carboxylic acids is 1. The minimum atomic E-state index is -0.155. The number of methoxy groups -OCH3 is 2. The van der Waals surface area contributed by atoms with Gasteiger partial charge in [0.25, 0.3) is 0 Å². The maximum absolute atomic E-state index is 12.6.